The molecule has 3 atom stereocenters. The second kappa shape index (κ2) is 6.98. The van der Waals surface area contributed by atoms with Crippen molar-refractivity contribution in [2.45, 2.75) is 24.3 Å². The molecule has 6 heteroatoms. The van der Waals surface area contributed by atoms with E-state index in [0.717, 1.165) is 3.79 Å². The molecule has 0 radical (unpaired) electrons. The van der Waals surface area contributed by atoms with Gasteiger partial charge in [0.05, 0.1) is 21.7 Å². The van der Waals surface area contributed by atoms with Crippen LogP contribution in [-0.4, -0.2) is 34.7 Å². The molecular formula is C10H16BrNO2S2. The van der Waals surface area contributed by atoms with Gasteiger partial charge in [-0.25, -0.2) is 0 Å². The summed E-state index contributed by atoms with van der Waals surface area (Å²) in [5, 5.41) is 18.2. The van der Waals surface area contributed by atoms with Crippen molar-refractivity contribution in [3.05, 3.63) is 20.8 Å². The van der Waals surface area contributed by atoms with E-state index in [2.05, 4.69) is 15.9 Å². The van der Waals surface area contributed by atoms with E-state index in [1.54, 1.807) is 23.1 Å². The van der Waals surface area contributed by atoms with E-state index >= 15 is 0 Å². The summed E-state index contributed by atoms with van der Waals surface area (Å²) in [5.74, 6) is 0.498. The van der Waals surface area contributed by atoms with E-state index < -0.39 is 6.10 Å². The van der Waals surface area contributed by atoms with Crippen molar-refractivity contribution in [3.8, 4) is 0 Å². The van der Waals surface area contributed by atoms with Gasteiger partial charge in [-0.15, -0.1) is 23.1 Å². The summed E-state index contributed by atoms with van der Waals surface area (Å²) in [7, 11) is 0. The van der Waals surface area contributed by atoms with Gasteiger partial charge in [0.15, 0.2) is 0 Å². The quantitative estimate of drug-likeness (QED) is 0.748. The number of hydrogen-bond acceptors (Lipinski definition) is 5. The van der Waals surface area contributed by atoms with Gasteiger partial charge in [-0.1, -0.05) is 0 Å². The summed E-state index contributed by atoms with van der Waals surface area (Å²) in [6, 6.07) is 4.06. The third kappa shape index (κ3) is 4.35. The van der Waals surface area contributed by atoms with Crippen LogP contribution >= 0.6 is 39.0 Å². The molecular weight excluding hydrogens is 310 g/mol. The topological polar surface area (TPSA) is 66.5 Å². The molecule has 4 N–H and O–H groups in total. The molecule has 3 unspecified atom stereocenters. The van der Waals surface area contributed by atoms with E-state index in [1.165, 1.54) is 4.88 Å². The average molecular weight is 326 g/mol. The van der Waals surface area contributed by atoms with Crippen molar-refractivity contribution in [3.63, 3.8) is 0 Å². The number of rotatable bonds is 6. The first-order chi connectivity index (χ1) is 7.54. The van der Waals surface area contributed by atoms with Crippen LogP contribution in [0.15, 0.2) is 15.9 Å². The Morgan fingerprint density at radius 3 is 2.69 bits per heavy atom. The van der Waals surface area contributed by atoms with Gasteiger partial charge in [0.2, 0.25) is 0 Å². The third-order valence-corrected chi connectivity index (χ3v) is 5.51. The molecule has 0 fully saturated rings. The van der Waals surface area contributed by atoms with Gasteiger partial charge in [0, 0.05) is 16.7 Å². The van der Waals surface area contributed by atoms with Crippen molar-refractivity contribution in [2.75, 3.05) is 12.4 Å². The maximum atomic E-state index is 9.32. The zero-order valence-corrected chi connectivity index (χ0v) is 12.2. The first kappa shape index (κ1) is 14.5. The van der Waals surface area contributed by atoms with Crippen LogP contribution < -0.4 is 5.73 Å². The smallest absolute Gasteiger partial charge is 0.0861 e. The van der Waals surface area contributed by atoms with E-state index in [1.807, 2.05) is 19.1 Å². The number of thiophene rings is 1. The average Bonchev–Trinajstić information content (AvgIpc) is 2.64. The van der Waals surface area contributed by atoms with E-state index in [0.29, 0.717) is 5.75 Å². The van der Waals surface area contributed by atoms with Crippen LogP contribution in [-0.2, 0) is 0 Å². The molecule has 0 aliphatic heterocycles. The molecule has 16 heavy (non-hydrogen) atoms. The molecule has 0 saturated heterocycles. The fourth-order valence-corrected chi connectivity index (χ4v) is 4.19. The Morgan fingerprint density at radius 1 is 1.56 bits per heavy atom. The minimum atomic E-state index is -0.672. The number of aliphatic hydroxyl groups excluding tert-OH is 2. The van der Waals surface area contributed by atoms with Gasteiger partial charge in [0.25, 0.3) is 0 Å². The highest BCUT2D eigenvalue weighted by Gasteiger charge is 2.19. The van der Waals surface area contributed by atoms with E-state index in [9.17, 15) is 5.11 Å². The van der Waals surface area contributed by atoms with Gasteiger partial charge in [-0.3, -0.25) is 0 Å². The Hall–Kier alpha value is 0.410. The van der Waals surface area contributed by atoms with Crippen LogP contribution in [0.25, 0.3) is 0 Å². The van der Waals surface area contributed by atoms with Crippen LogP contribution in [0.2, 0.25) is 0 Å². The highest BCUT2D eigenvalue weighted by molar-refractivity contribution is 9.11. The first-order valence-corrected chi connectivity index (χ1v) is 7.61. The minimum Gasteiger partial charge on any atom is -0.394 e. The molecule has 1 aromatic heterocycles. The van der Waals surface area contributed by atoms with Crippen molar-refractivity contribution in [1.29, 1.82) is 0 Å². The molecule has 0 amide bonds. The largest absolute Gasteiger partial charge is 0.394 e. The summed E-state index contributed by atoms with van der Waals surface area (Å²) < 4.78 is 1.08. The van der Waals surface area contributed by atoms with Crippen molar-refractivity contribution in [2.24, 2.45) is 5.73 Å². The zero-order valence-electron chi connectivity index (χ0n) is 8.97. The number of thioether (sulfide) groups is 1. The summed E-state index contributed by atoms with van der Waals surface area (Å²) in [5.41, 5.74) is 5.93. The van der Waals surface area contributed by atoms with Crippen LogP contribution in [0.3, 0.4) is 0 Å². The Balaban J connectivity index is 2.61. The van der Waals surface area contributed by atoms with E-state index in [4.69, 9.17) is 10.8 Å². The fourth-order valence-electron chi connectivity index (χ4n) is 1.24. The molecule has 0 saturated carbocycles. The maximum Gasteiger partial charge on any atom is 0.0861 e. The fraction of sp³-hybridized carbons (Fsp3) is 0.600. The Bertz CT molecular complexity index is 320. The van der Waals surface area contributed by atoms with E-state index in [-0.39, 0.29) is 17.9 Å². The number of hydrogen-bond donors (Lipinski definition) is 3. The van der Waals surface area contributed by atoms with Crippen LogP contribution in [0.4, 0.5) is 0 Å². The van der Waals surface area contributed by atoms with Crippen LogP contribution in [0.5, 0.6) is 0 Å². The van der Waals surface area contributed by atoms with Gasteiger partial charge < -0.3 is 15.9 Å². The number of nitrogens with two attached hydrogens (primary N) is 1. The van der Waals surface area contributed by atoms with Gasteiger partial charge in [0.1, 0.15) is 0 Å². The highest BCUT2D eigenvalue weighted by atomic mass is 79.9. The molecule has 0 aliphatic carbocycles. The number of halogens is 1. The lowest BCUT2D eigenvalue weighted by atomic mass is 10.2. The van der Waals surface area contributed by atoms with Crippen molar-refractivity contribution >= 4 is 39.0 Å². The second-order valence-corrected chi connectivity index (χ2v) is 7.26. The van der Waals surface area contributed by atoms with Crippen molar-refractivity contribution < 1.29 is 10.2 Å². The normalized spacial score (nSPS) is 17.1. The van der Waals surface area contributed by atoms with Crippen molar-refractivity contribution in [1.82, 2.24) is 0 Å². The minimum absolute atomic E-state index is 0.0152. The predicted molar refractivity (Wildman–Crippen MR) is 74.0 cm³/mol. The Morgan fingerprint density at radius 2 is 2.25 bits per heavy atom. The summed E-state index contributed by atoms with van der Waals surface area (Å²) in [4.78, 5) is 1.19. The molecule has 0 bridgehead atoms. The molecule has 1 aromatic rings. The molecule has 0 aromatic carbocycles. The lowest BCUT2D eigenvalue weighted by Crippen LogP contribution is -2.24. The third-order valence-electron chi connectivity index (χ3n) is 2.03. The molecule has 1 heterocycles. The van der Waals surface area contributed by atoms with Gasteiger partial charge in [-0.05, 0) is 35.0 Å². The molecule has 92 valence electrons. The molecule has 1 rings (SSSR count). The number of aliphatic hydroxyl groups is 2. The van der Waals surface area contributed by atoms with Gasteiger partial charge in [-0.2, -0.15) is 0 Å². The zero-order chi connectivity index (χ0) is 12.1. The monoisotopic (exact) mass is 325 g/mol. The molecule has 3 nitrogen and oxygen atoms in total. The highest BCUT2D eigenvalue weighted by Crippen LogP contribution is 2.37. The lowest BCUT2D eigenvalue weighted by molar-refractivity contribution is 0.113. The summed E-state index contributed by atoms with van der Waals surface area (Å²) >= 11 is 6.66. The maximum absolute atomic E-state index is 9.32. The summed E-state index contributed by atoms with van der Waals surface area (Å²) in [6.07, 6.45) is -0.672. The Kier molecular flexibility index (Phi) is 6.31. The van der Waals surface area contributed by atoms with Gasteiger partial charge >= 0.3 is 0 Å². The SMILES string of the molecule is CC(N)C(SCC(O)CO)c1ccc(Br)s1. The van der Waals surface area contributed by atoms with Crippen LogP contribution in [0, 0.1) is 0 Å². The Labute approximate surface area is 112 Å². The lowest BCUT2D eigenvalue weighted by Gasteiger charge is -2.20. The standard InChI is InChI=1S/C10H16BrNO2S2/c1-6(12)10(15-5-7(14)4-13)8-2-3-9(11)16-8/h2-3,6-7,10,13-14H,4-5,12H2,1H3. The first-order valence-electron chi connectivity index (χ1n) is 4.96. The second-order valence-electron chi connectivity index (χ2n) is 3.59. The van der Waals surface area contributed by atoms with Crippen LogP contribution in [0.1, 0.15) is 17.1 Å². The molecule has 0 spiro atoms. The summed E-state index contributed by atoms with van der Waals surface area (Å²) in [6.45, 7) is 1.75. The molecule has 0 aliphatic rings. The predicted octanol–water partition coefficient (Wildman–Crippen LogP) is 1.99.